The van der Waals surface area contributed by atoms with E-state index >= 15 is 0 Å². The van der Waals surface area contributed by atoms with Crippen molar-refractivity contribution in [1.82, 2.24) is 19.4 Å². The molecule has 0 aliphatic carbocycles. The van der Waals surface area contributed by atoms with Gasteiger partial charge in [-0.1, -0.05) is 59.6 Å². The van der Waals surface area contributed by atoms with Gasteiger partial charge in [0.15, 0.2) is 12.3 Å². The largest absolute Gasteiger partial charge is 0.497 e. The first kappa shape index (κ1) is 26.9. The quantitative estimate of drug-likeness (QED) is 0.228. The normalized spacial score (nSPS) is 13.4. The van der Waals surface area contributed by atoms with Gasteiger partial charge in [-0.15, -0.1) is 0 Å². The Morgan fingerprint density at radius 2 is 1.73 bits per heavy atom. The molecule has 1 fully saturated rings. The maximum atomic E-state index is 12.9. The first-order chi connectivity index (χ1) is 20.0. The van der Waals surface area contributed by atoms with Crippen LogP contribution >= 0.6 is 23.2 Å². The molecule has 0 spiro atoms. The van der Waals surface area contributed by atoms with Crippen LogP contribution in [0.15, 0.2) is 85.3 Å². The molecule has 0 radical (unpaired) electrons. The third-order valence-corrected chi connectivity index (χ3v) is 7.69. The standard InChI is InChI=1S/C31H27Cl2N5O3/c1-40-24-9-5-8-23(17-24)38-18-25(21-6-3-2-4-7-21)29-30(34-20-35-31(29)38)37-14-12-36(13-15-37)28(39)19-41-27-11-10-22(32)16-26(27)33/h2-11,16-18,20H,12-15,19H2,1H3. The molecule has 3 heterocycles. The van der Waals surface area contributed by atoms with Crippen LogP contribution in [-0.4, -0.2) is 65.2 Å². The fourth-order valence-corrected chi connectivity index (χ4v) is 5.53. The Balaban J connectivity index is 1.27. The zero-order valence-electron chi connectivity index (χ0n) is 22.3. The average Bonchev–Trinajstić information content (AvgIpc) is 3.41. The summed E-state index contributed by atoms with van der Waals surface area (Å²) < 4.78 is 13.2. The molecule has 208 valence electrons. The average molecular weight is 588 g/mol. The Morgan fingerprint density at radius 3 is 2.49 bits per heavy atom. The molecule has 0 bridgehead atoms. The number of fused-ring (bicyclic) bond motifs is 1. The van der Waals surface area contributed by atoms with Gasteiger partial charge in [0.1, 0.15) is 23.6 Å². The van der Waals surface area contributed by atoms with Crippen molar-refractivity contribution in [3.63, 3.8) is 0 Å². The SMILES string of the molecule is COc1cccc(-n2cc(-c3ccccc3)c3c(N4CCN(C(=O)COc5ccc(Cl)cc5Cl)CC4)ncnc32)c1. The van der Waals surface area contributed by atoms with Crippen LogP contribution in [0.4, 0.5) is 5.82 Å². The first-order valence-corrected chi connectivity index (χ1v) is 13.9. The van der Waals surface area contributed by atoms with Crippen LogP contribution in [0.1, 0.15) is 0 Å². The van der Waals surface area contributed by atoms with Crippen LogP contribution in [-0.2, 0) is 4.79 Å². The molecule has 5 aromatic rings. The third kappa shape index (κ3) is 5.53. The van der Waals surface area contributed by atoms with E-state index in [-0.39, 0.29) is 12.5 Å². The maximum absolute atomic E-state index is 12.9. The zero-order chi connectivity index (χ0) is 28.3. The molecule has 6 rings (SSSR count). The van der Waals surface area contributed by atoms with Gasteiger partial charge in [-0.25, -0.2) is 9.97 Å². The Hall–Kier alpha value is -4.27. The molecule has 1 saturated heterocycles. The highest BCUT2D eigenvalue weighted by Gasteiger charge is 2.26. The van der Waals surface area contributed by atoms with Gasteiger partial charge in [-0.05, 0) is 35.9 Å². The van der Waals surface area contributed by atoms with Crippen molar-refractivity contribution in [1.29, 1.82) is 0 Å². The number of anilines is 1. The summed E-state index contributed by atoms with van der Waals surface area (Å²) in [4.78, 5) is 26.4. The van der Waals surface area contributed by atoms with Crippen molar-refractivity contribution in [3.8, 4) is 28.3 Å². The lowest BCUT2D eigenvalue weighted by molar-refractivity contribution is -0.133. The number of methoxy groups -OCH3 is 1. The molecule has 1 aliphatic rings. The summed E-state index contributed by atoms with van der Waals surface area (Å²) in [7, 11) is 1.66. The van der Waals surface area contributed by atoms with Gasteiger partial charge in [0.25, 0.3) is 5.91 Å². The molecule has 8 nitrogen and oxygen atoms in total. The second-order valence-corrected chi connectivity index (χ2v) is 10.5. The molecular weight excluding hydrogens is 561 g/mol. The molecule has 1 amide bonds. The molecular formula is C31H27Cl2N5O3. The lowest BCUT2D eigenvalue weighted by Crippen LogP contribution is -2.50. The van der Waals surface area contributed by atoms with Crippen LogP contribution in [0.25, 0.3) is 27.8 Å². The van der Waals surface area contributed by atoms with Gasteiger partial charge >= 0.3 is 0 Å². The van der Waals surface area contributed by atoms with E-state index < -0.39 is 0 Å². The minimum Gasteiger partial charge on any atom is -0.497 e. The van der Waals surface area contributed by atoms with Gasteiger partial charge in [-0.2, -0.15) is 0 Å². The highest BCUT2D eigenvalue weighted by Crippen LogP contribution is 2.37. The number of hydrogen-bond acceptors (Lipinski definition) is 6. The van der Waals surface area contributed by atoms with Crippen LogP contribution in [0.2, 0.25) is 10.0 Å². The number of aromatic nitrogens is 3. The number of halogens is 2. The fourth-order valence-electron chi connectivity index (χ4n) is 5.07. The molecule has 3 aromatic carbocycles. The van der Waals surface area contributed by atoms with Crippen molar-refractivity contribution in [2.45, 2.75) is 0 Å². The van der Waals surface area contributed by atoms with Gasteiger partial charge in [0, 0.05) is 49.0 Å². The number of benzene rings is 3. The maximum Gasteiger partial charge on any atom is 0.260 e. The van der Waals surface area contributed by atoms with Crippen LogP contribution < -0.4 is 14.4 Å². The highest BCUT2D eigenvalue weighted by molar-refractivity contribution is 6.35. The lowest BCUT2D eigenvalue weighted by atomic mass is 10.1. The zero-order valence-corrected chi connectivity index (χ0v) is 23.8. The van der Waals surface area contributed by atoms with Gasteiger partial charge in [-0.3, -0.25) is 4.79 Å². The highest BCUT2D eigenvalue weighted by atomic mass is 35.5. The van der Waals surface area contributed by atoms with Crippen molar-refractivity contribution in [2.75, 3.05) is 44.8 Å². The van der Waals surface area contributed by atoms with Crippen LogP contribution in [0.3, 0.4) is 0 Å². The van der Waals surface area contributed by atoms with Crippen LogP contribution in [0.5, 0.6) is 11.5 Å². The third-order valence-electron chi connectivity index (χ3n) is 7.16. The Kier molecular flexibility index (Phi) is 7.67. The number of hydrogen-bond donors (Lipinski definition) is 0. The molecule has 10 heteroatoms. The Labute approximate surface area is 247 Å². The van der Waals surface area contributed by atoms with E-state index in [4.69, 9.17) is 42.6 Å². The molecule has 41 heavy (non-hydrogen) atoms. The second-order valence-electron chi connectivity index (χ2n) is 9.61. The fraction of sp³-hybridized carbons (Fsp3) is 0.194. The summed E-state index contributed by atoms with van der Waals surface area (Å²) >= 11 is 12.1. The number of rotatable bonds is 7. The number of nitrogens with zero attached hydrogens (tertiary/aromatic N) is 5. The number of piperazine rings is 1. The molecule has 0 atom stereocenters. The molecule has 1 aliphatic heterocycles. The molecule has 0 N–H and O–H groups in total. The van der Waals surface area contributed by atoms with E-state index in [2.05, 4.69) is 27.8 Å². The summed E-state index contributed by atoms with van der Waals surface area (Å²) in [6.45, 7) is 2.23. The minimum atomic E-state index is -0.0994. The summed E-state index contributed by atoms with van der Waals surface area (Å²) in [6.07, 6.45) is 3.70. The second kappa shape index (κ2) is 11.7. The minimum absolute atomic E-state index is 0.0966. The molecule has 0 saturated carbocycles. The van der Waals surface area contributed by atoms with E-state index in [1.54, 1.807) is 36.5 Å². The van der Waals surface area contributed by atoms with E-state index in [0.29, 0.717) is 42.0 Å². The summed E-state index contributed by atoms with van der Waals surface area (Å²) in [6, 6.07) is 23.1. The van der Waals surface area contributed by atoms with Crippen molar-refractivity contribution in [2.24, 2.45) is 0 Å². The number of carbonyl (C=O) groups is 1. The van der Waals surface area contributed by atoms with Crippen molar-refractivity contribution >= 4 is 46.0 Å². The van der Waals surface area contributed by atoms with Crippen molar-refractivity contribution < 1.29 is 14.3 Å². The van der Waals surface area contributed by atoms with Crippen LogP contribution in [0, 0.1) is 0 Å². The molecule has 2 aromatic heterocycles. The molecule has 0 unspecified atom stereocenters. The summed E-state index contributed by atoms with van der Waals surface area (Å²) in [5.41, 5.74) is 3.85. The van der Waals surface area contributed by atoms with E-state index in [9.17, 15) is 4.79 Å². The smallest absolute Gasteiger partial charge is 0.260 e. The predicted molar refractivity (Wildman–Crippen MR) is 162 cm³/mol. The van der Waals surface area contributed by atoms with E-state index in [1.165, 1.54) is 0 Å². The van der Waals surface area contributed by atoms with Gasteiger partial charge < -0.3 is 23.8 Å². The lowest BCUT2D eigenvalue weighted by Gasteiger charge is -2.35. The predicted octanol–water partition coefficient (Wildman–Crippen LogP) is 6.13. The van der Waals surface area contributed by atoms with E-state index in [0.717, 1.165) is 39.4 Å². The Morgan fingerprint density at radius 1 is 0.927 bits per heavy atom. The van der Waals surface area contributed by atoms with Gasteiger partial charge in [0.2, 0.25) is 0 Å². The topological polar surface area (TPSA) is 72.7 Å². The summed E-state index contributed by atoms with van der Waals surface area (Å²) in [5, 5.41) is 1.85. The summed E-state index contributed by atoms with van der Waals surface area (Å²) in [5.74, 6) is 1.94. The number of amides is 1. The van der Waals surface area contributed by atoms with Crippen molar-refractivity contribution in [3.05, 3.63) is 95.4 Å². The Bertz CT molecular complexity index is 1700. The number of carbonyl (C=O) groups excluding carboxylic acids is 1. The monoisotopic (exact) mass is 587 g/mol. The van der Waals surface area contributed by atoms with E-state index in [1.807, 2.05) is 42.5 Å². The number of ether oxygens (including phenoxy) is 2. The first-order valence-electron chi connectivity index (χ1n) is 13.2. The van der Waals surface area contributed by atoms with Gasteiger partial charge in [0.05, 0.1) is 23.2 Å².